The summed E-state index contributed by atoms with van der Waals surface area (Å²) in [6.07, 6.45) is 4.66. The van der Waals surface area contributed by atoms with E-state index in [1.165, 1.54) is 0 Å². The van der Waals surface area contributed by atoms with Gasteiger partial charge in [-0.1, -0.05) is 0 Å². The van der Waals surface area contributed by atoms with Gasteiger partial charge in [-0.3, -0.25) is 4.98 Å². The van der Waals surface area contributed by atoms with Crippen molar-refractivity contribution in [3.05, 3.63) is 30.1 Å². The molecule has 2 heterocycles. The molecule has 4 rings (SSSR count). The van der Waals surface area contributed by atoms with Crippen LogP contribution in [0.25, 0.3) is 10.8 Å². The quantitative estimate of drug-likeness (QED) is 0.796. The summed E-state index contributed by atoms with van der Waals surface area (Å²) in [7, 11) is 0. The van der Waals surface area contributed by atoms with Crippen LogP contribution in [0.1, 0.15) is 25.0 Å². The SMILES string of the molecule is N#CC1(c2nccc3cc4c(cc23)OCCO4)CCC1. The summed E-state index contributed by atoms with van der Waals surface area (Å²) in [6.45, 7) is 1.15. The first-order chi connectivity index (χ1) is 9.82. The highest BCUT2D eigenvalue weighted by atomic mass is 16.6. The molecule has 1 saturated carbocycles. The van der Waals surface area contributed by atoms with Gasteiger partial charge in [-0.05, 0) is 42.8 Å². The van der Waals surface area contributed by atoms with E-state index in [1.807, 2.05) is 18.2 Å². The second-order valence-electron chi connectivity index (χ2n) is 5.42. The van der Waals surface area contributed by atoms with E-state index in [0.29, 0.717) is 13.2 Å². The van der Waals surface area contributed by atoms with Crippen molar-refractivity contribution in [1.29, 1.82) is 5.26 Å². The third-order valence-corrected chi connectivity index (χ3v) is 4.30. The Morgan fingerprint density at radius 2 is 1.90 bits per heavy atom. The minimum absolute atomic E-state index is 0.413. The molecular formula is C16H14N2O2. The Kier molecular flexibility index (Phi) is 2.37. The highest BCUT2D eigenvalue weighted by molar-refractivity contribution is 5.89. The van der Waals surface area contributed by atoms with Crippen LogP contribution in [0, 0.1) is 11.3 Å². The fraction of sp³-hybridized carbons (Fsp3) is 0.375. The lowest BCUT2D eigenvalue weighted by Gasteiger charge is -2.35. The summed E-state index contributed by atoms with van der Waals surface area (Å²) in [5, 5.41) is 11.6. The molecule has 1 aromatic carbocycles. The van der Waals surface area contributed by atoms with Crippen molar-refractivity contribution in [3.63, 3.8) is 0 Å². The van der Waals surface area contributed by atoms with Gasteiger partial charge in [-0.2, -0.15) is 5.26 Å². The summed E-state index contributed by atoms with van der Waals surface area (Å²) in [6, 6.07) is 8.39. The van der Waals surface area contributed by atoms with E-state index in [0.717, 1.165) is 47.2 Å². The zero-order valence-corrected chi connectivity index (χ0v) is 11.1. The third-order valence-electron chi connectivity index (χ3n) is 4.30. The standard InChI is InChI=1S/C16H14N2O2/c17-10-16(3-1-4-16)15-12-9-14-13(19-6-7-20-14)8-11(12)2-5-18-15/h2,5,8-9H,1,3-4,6-7H2. The number of nitrogens with zero attached hydrogens (tertiary/aromatic N) is 2. The molecule has 1 fully saturated rings. The van der Waals surface area contributed by atoms with Gasteiger partial charge in [0.15, 0.2) is 11.5 Å². The van der Waals surface area contributed by atoms with E-state index in [4.69, 9.17) is 9.47 Å². The Labute approximate surface area is 116 Å². The predicted molar refractivity (Wildman–Crippen MR) is 73.9 cm³/mol. The molecule has 20 heavy (non-hydrogen) atoms. The average Bonchev–Trinajstić information content (AvgIpc) is 2.45. The largest absolute Gasteiger partial charge is 0.486 e. The third kappa shape index (κ3) is 1.50. The van der Waals surface area contributed by atoms with E-state index in [1.54, 1.807) is 6.20 Å². The molecular weight excluding hydrogens is 252 g/mol. The molecule has 0 amide bonds. The number of hydrogen-bond donors (Lipinski definition) is 0. The first-order valence-corrected chi connectivity index (χ1v) is 6.92. The maximum absolute atomic E-state index is 9.54. The Morgan fingerprint density at radius 1 is 1.15 bits per heavy atom. The van der Waals surface area contributed by atoms with Gasteiger partial charge in [-0.25, -0.2) is 0 Å². The van der Waals surface area contributed by atoms with Crippen LogP contribution < -0.4 is 9.47 Å². The monoisotopic (exact) mass is 266 g/mol. The van der Waals surface area contributed by atoms with Gasteiger partial charge in [0.2, 0.25) is 0 Å². The van der Waals surface area contributed by atoms with E-state index in [2.05, 4.69) is 11.1 Å². The van der Waals surface area contributed by atoms with Crippen molar-refractivity contribution in [1.82, 2.24) is 4.98 Å². The van der Waals surface area contributed by atoms with Crippen LogP contribution in [-0.2, 0) is 5.41 Å². The Hall–Kier alpha value is -2.28. The maximum atomic E-state index is 9.54. The molecule has 0 spiro atoms. The summed E-state index contributed by atoms with van der Waals surface area (Å²) in [4.78, 5) is 4.50. The number of fused-ring (bicyclic) bond motifs is 2. The normalized spacial score (nSPS) is 19.1. The Balaban J connectivity index is 1.96. The van der Waals surface area contributed by atoms with Crippen molar-refractivity contribution in [2.75, 3.05) is 13.2 Å². The first-order valence-electron chi connectivity index (χ1n) is 6.92. The van der Waals surface area contributed by atoms with Crippen molar-refractivity contribution in [3.8, 4) is 17.6 Å². The van der Waals surface area contributed by atoms with Crippen LogP contribution in [0.5, 0.6) is 11.5 Å². The number of ether oxygens (including phenoxy) is 2. The molecule has 1 aliphatic heterocycles. The van der Waals surface area contributed by atoms with Gasteiger partial charge >= 0.3 is 0 Å². The predicted octanol–water partition coefficient (Wildman–Crippen LogP) is 2.95. The average molecular weight is 266 g/mol. The molecule has 2 aliphatic rings. The number of benzene rings is 1. The Morgan fingerprint density at radius 3 is 2.55 bits per heavy atom. The van der Waals surface area contributed by atoms with Crippen LogP contribution >= 0.6 is 0 Å². The molecule has 1 aliphatic carbocycles. The molecule has 100 valence electrons. The van der Waals surface area contributed by atoms with Crippen LogP contribution in [0.3, 0.4) is 0 Å². The molecule has 0 unspecified atom stereocenters. The lowest BCUT2D eigenvalue weighted by atomic mass is 9.66. The zero-order valence-electron chi connectivity index (χ0n) is 11.1. The fourth-order valence-electron chi connectivity index (χ4n) is 3.02. The van der Waals surface area contributed by atoms with Gasteiger partial charge in [0.05, 0.1) is 17.2 Å². The molecule has 0 bridgehead atoms. The van der Waals surface area contributed by atoms with Crippen molar-refractivity contribution >= 4 is 10.8 Å². The van der Waals surface area contributed by atoms with E-state index < -0.39 is 5.41 Å². The van der Waals surface area contributed by atoms with Crippen molar-refractivity contribution in [2.24, 2.45) is 0 Å². The van der Waals surface area contributed by atoms with Gasteiger partial charge in [0.1, 0.15) is 13.2 Å². The van der Waals surface area contributed by atoms with Gasteiger partial charge in [0.25, 0.3) is 0 Å². The fourth-order valence-corrected chi connectivity index (χ4v) is 3.02. The lowest BCUT2D eigenvalue weighted by molar-refractivity contribution is 0.172. The van der Waals surface area contributed by atoms with Gasteiger partial charge in [-0.15, -0.1) is 0 Å². The molecule has 0 atom stereocenters. The number of hydrogen-bond acceptors (Lipinski definition) is 4. The minimum Gasteiger partial charge on any atom is -0.486 e. The van der Waals surface area contributed by atoms with Crippen LogP contribution in [0.2, 0.25) is 0 Å². The maximum Gasteiger partial charge on any atom is 0.162 e. The molecule has 1 aromatic heterocycles. The van der Waals surface area contributed by atoms with Crippen LogP contribution in [0.15, 0.2) is 24.4 Å². The van der Waals surface area contributed by atoms with Crippen molar-refractivity contribution < 1.29 is 9.47 Å². The van der Waals surface area contributed by atoms with Gasteiger partial charge in [0, 0.05) is 11.6 Å². The number of aromatic nitrogens is 1. The summed E-state index contributed by atoms with van der Waals surface area (Å²) in [5.74, 6) is 1.53. The molecule has 0 saturated heterocycles. The molecule has 2 aromatic rings. The minimum atomic E-state index is -0.413. The van der Waals surface area contributed by atoms with E-state index in [-0.39, 0.29) is 0 Å². The topological polar surface area (TPSA) is 55.1 Å². The van der Waals surface area contributed by atoms with E-state index >= 15 is 0 Å². The van der Waals surface area contributed by atoms with Crippen molar-refractivity contribution in [2.45, 2.75) is 24.7 Å². The Bertz CT molecular complexity index is 729. The smallest absolute Gasteiger partial charge is 0.162 e. The second kappa shape index (κ2) is 4.11. The van der Waals surface area contributed by atoms with Crippen LogP contribution in [-0.4, -0.2) is 18.2 Å². The second-order valence-corrected chi connectivity index (χ2v) is 5.42. The molecule has 4 nitrogen and oxygen atoms in total. The lowest BCUT2D eigenvalue weighted by Crippen LogP contribution is -2.33. The highest BCUT2D eigenvalue weighted by Crippen LogP contribution is 2.46. The van der Waals surface area contributed by atoms with Crippen LogP contribution in [0.4, 0.5) is 0 Å². The molecule has 0 radical (unpaired) electrons. The van der Waals surface area contributed by atoms with E-state index in [9.17, 15) is 5.26 Å². The highest BCUT2D eigenvalue weighted by Gasteiger charge is 2.41. The number of nitriles is 1. The molecule has 0 N–H and O–H groups in total. The van der Waals surface area contributed by atoms with Gasteiger partial charge < -0.3 is 9.47 Å². The summed E-state index contributed by atoms with van der Waals surface area (Å²) < 4.78 is 11.3. The first kappa shape index (κ1) is 11.5. The number of pyridine rings is 1. The number of rotatable bonds is 1. The summed E-state index contributed by atoms with van der Waals surface area (Å²) >= 11 is 0. The molecule has 4 heteroatoms. The summed E-state index contributed by atoms with van der Waals surface area (Å²) in [5.41, 5.74) is 0.476. The zero-order chi connectivity index (χ0) is 13.6.